The Hall–Kier alpha value is -1.69. The second kappa shape index (κ2) is 9.31. The minimum atomic E-state index is 0.242. The molecule has 142 valence electrons. The number of benzene rings is 1. The van der Waals surface area contributed by atoms with Crippen molar-refractivity contribution in [3.8, 4) is 0 Å². The van der Waals surface area contributed by atoms with E-state index in [2.05, 4.69) is 46.1 Å². The maximum atomic E-state index is 12.0. The van der Waals surface area contributed by atoms with Gasteiger partial charge in [0.25, 0.3) is 0 Å². The van der Waals surface area contributed by atoms with E-state index in [1.165, 1.54) is 24.8 Å². The van der Waals surface area contributed by atoms with E-state index >= 15 is 0 Å². The Morgan fingerprint density at radius 1 is 1.27 bits per heavy atom. The highest BCUT2D eigenvalue weighted by atomic mass is 32.2. The maximum Gasteiger partial charge on any atom is 0.226 e. The van der Waals surface area contributed by atoms with Crippen molar-refractivity contribution < 1.29 is 4.79 Å². The van der Waals surface area contributed by atoms with E-state index in [4.69, 9.17) is 0 Å². The summed E-state index contributed by atoms with van der Waals surface area (Å²) in [5.74, 6) is 1.11. The van der Waals surface area contributed by atoms with Crippen molar-refractivity contribution in [1.82, 2.24) is 10.6 Å². The zero-order valence-electron chi connectivity index (χ0n) is 15.8. The molecule has 0 aromatic heterocycles. The molecule has 26 heavy (non-hydrogen) atoms. The molecular weight excluding hydrogens is 344 g/mol. The number of carbonyl (C=O) groups is 1. The van der Waals surface area contributed by atoms with Crippen molar-refractivity contribution in [1.29, 1.82) is 0 Å². The van der Waals surface area contributed by atoms with Gasteiger partial charge in [-0.25, -0.2) is 0 Å². The van der Waals surface area contributed by atoms with Crippen LogP contribution in [0.15, 0.2) is 29.3 Å². The Kier molecular flexibility index (Phi) is 6.83. The van der Waals surface area contributed by atoms with Crippen molar-refractivity contribution in [2.75, 3.05) is 24.7 Å². The molecule has 1 amide bonds. The van der Waals surface area contributed by atoms with Crippen LogP contribution in [0.3, 0.4) is 0 Å². The van der Waals surface area contributed by atoms with Gasteiger partial charge in [0.15, 0.2) is 5.96 Å². The van der Waals surface area contributed by atoms with Crippen molar-refractivity contribution in [3.05, 3.63) is 29.8 Å². The standard InChI is InChI=1S/C20H30N4OS/c1-21-20(23-16-8-11-18(13-16)26-2)22-14-15-6-9-17(10-7-15)24-12-4-3-5-19(24)25/h6-7,9-10,16,18H,3-5,8,11-14H2,1-2H3,(H2,21,22,23). The molecule has 1 aromatic carbocycles. The molecule has 1 aromatic rings. The van der Waals surface area contributed by atoms with Gasteiger partial charge in [-0.2, -0.15) is 11.8 Å². The Bertz CT molecular complexity index is 631. The zero-order valence-corrected chi connectivity index (χ0v) is 16.6. The molecule has 2 fully saturated rings. The van der Waals surface area contributed by atoms with Gasteiger partial charge in [-0.1, -0.05) is 12.1 Å². The van der Waals surface area contributed by atoms with Crippen LogP contribution in [-0.2, 0) is 11.3 Å². The average Bonchev–Trinajstić information content (AvgIpc) is 3.14. The van der Waals surface area contributed by atoms with Crippen LogP contribution in [0, 0.1) is 0 Å². The summed E-state index contributed by atoms with van der Waals surface area (Å²) in [6.45, 7) is 1.57. The van der Waals surface area contributed by atoms with Crippen LogP contribution in [-0.4, -0.2) is 43.0 Å². The fourth-order valence-corrected chi connectivity index (χ4v) is 4.53. The average molecular weight is 375 g/mol. The molecule has 1 saturated heterocycles. The van der Waals surface area contributed by atoms with Crippen LogP contribution in [0.25, 0.3) is 0 Å². The third kappa shape index (κ3) is 4.93. The highest BCUT2D eigenvalue weighted by molar-refractivity contribution is 7.99. The van der Waals surface area contributed by atoms with Crippen LogP contribution < -0.4 is 15.5 Å². The molecule has 1 heterocycles. The first-order valence-corrected chi connectivity index (χ1v) is 10.9. The van der Waals surface area contributed by atoms with Gasteiger partial charge in [-0.15, -0.1) is 0 Å². The Balaban J connectivity index is 1.50. The van der Waals surface area contributed by atoms with Crippen LogP contribution in [0.2, 0.25) is 0 Å². The SMILES string of the molecule is CN=C(NCc1ccc(N2CCCCC2=O)cc1)NC1CCC(SC)C1. The van der Waals surface area contributed by atoms with Gasteiger partial charge in [0.2, 0.25) is 5.91 Å². The topological polar surface area (TPSA) is 56.7 Å². The van der Waals surface area contributed by atoms with Crippen LogP contribution in [0.4, 0.5) is 5.69 Å². The minimum absolute atomic E-state index is 0.242. The largest absolute Gasteiger partial charge is 0.354 e. The van der Waals surface area contributed by atoms with Gasteiger partial charge < -0.3 is 15.5 Å². The predicted octanol–water partition coefficient (Wildman–Crippen LogP) is 3.15. The third-order valence-electron chi connectivity index (χ3n) is 5.31. The smallest absolute Gasteiger partial charge is 0.226 e. The van der Waals surface area contributed by atoms with Crippen LogP contribution >= 0.6 is 11.8 Å². The summed E-state index contributed by atoms with van der Waals surface area (Å²) in [4.78, 5) is 18.3. The van der Waals surface area contributed by atoms with Gasteiger partial charge in [0.05, 0.1) is 0 Å². The normalized spacial score (nSPS) is 24.0. The van der Waals surface area contributed by atoms with E-state index in [0.29, 0.717) is 12.5 Å². The van der Waals surface area contributed by atoms with E-state index in [1.807, 2.05) is 23.7 Å². The predicted molar refractivity (Wildman–Crippen MR) is 111 cm³/mol. The first kappa shape index (κ1) is 19.1. The molecular formula is C20H30N4OS. The minimum Gasteiger partial charge on any atom is -0.354 e. The van der Waals surface area contributed by atoms with Gasteiger partial charge in [-0.05, 0) is 56.1 Å². The molecule has 2 aliphatic rings. The molecule has 6 heteroatoms. The third-order valence-corrected chi connectivity index (χ3v) is 6.41. The zero-order chi connectivity index (χ0) is 18.4. The lowest BCUT2D eigenvalue weighted by molar-refractivity contribution is -0.119. The number of hydrogen-bond donors (Lipinski definition) is 2. The van der Waals surface area contributed by atoms with Crippen molar-refractivity contribution in [2.24, 2.45) is 4.99 Å². The Morgan fingerprint density at radius 3 is 2.73 bits per heavy atom. The summed E-state index contributed by atoms with van der Waals surface area (Å²) in [6, 6.07) is 8.81. The Morgan fingerprint density at radius 2 is 2.08 bits per heavy atom. The number of nitrogens with one attached hydrogen (secondary N) is 2. The summed E-state index contributed by atoms with van der Waals surface area (Å²) in [5, 5.41) is 7.72. The van der Waals surface area contributed by atoms with E-state index < -0.39 is 0 Å². The monoisotopic (exact) mass is 374 g/mol. The van der Waals surface area contributed by atoms with Gasteiger partial charge >= 0.3 is 0 Å². The number of piperidine rings is 1. The molecule has 3 rings (SSSR count). The highest BCUT2D eigenvalue weighted by Gasteiger charge is 2.24. The molecule has 0 spiro atoms. The summed E-state index contributed by atoms with van der Waals surface area (Å²) in [5.41, 5.74) is 2.20. The fraction of sp³-hybridized carbons (Fsp3) is 0.600. The number of thioether (sulfide) groups is 1. The number of guanidine groups is 1. The second-order valence-corrected chi connectivity index (χ2v) is 8.24. The molecule has 2 N–H and O–H groups in total. The first-order chi connectivity index (χ1) is 12.7. The number of aliphatic imine (C=N–C) groups is 1. The molecule has 2 atom stereocenters. The molecule has 0 bridgehead atoms. The number of nitrogens with zero attached hydrogens (tertiary/aromatic N) is 2. The number of hydrogen-bond acceptors (Lipinski definition) is 3. The van der Waals surface area contributed by atoms with E-state index in [-0.39, 0.29) is 5.91 Å². The lowest BCUT2D eigenvalue weighted by atomic mass is 10.1. The number of carbonyl (C=O) groups excluding carboxylic acids is 1. The summed E-state index contributed by atoms with van der Waals surface area (Å²) in [7, 11) is 1.82. The van der Waals surface area contributed by atoms with Gasteiger partial charge in [0, 0.05) is 43.5 Å². The summed E-state index contributed by atoms with van der Waals surface area (Å²) in [6.07, 6.45) is 8.68. The fourth-order valence-electron chi connectivity index (χ4n) is 3.73. The van der Waals surface area contributed by atoms with Crippen molar-refractivity contribution >= 4 is 29.3 Å². The van der Waals surface area contributed by atoms with Crippen molar-refractivity contribution in [2.45, 2.75) is 56.4 Å². The Labute approximate surface area is 161 Å². The quantitative estimate of drug-likeness (QED) is 0.614. The lowest BCUT2D eigenvalue weighted by Crippen LogP contribution is -2.42. The van der Waals surface area contributed by atoms with E-state index in [9.17, 15) is 4.79 Å². The lowest BCUT2D eigenvalue weighted by Gasteiger charge is -2.27. The van der Waals surface area contributed by atoms with Crippen molar-refractivity contribution in [3.63, 3.8) is 0 Å². The van der Waals surface area contributed by atoms with Gasteiger partial charge in [-0.3, -0.25) is 9.79 Å². The molecule has 1 saturated carbocycles. The molecule has 2 unspecified atom stereocenters. The number of rotatable bonds is 5. The van der Waals surface area contributed by atoms with Gasteiger partial charge in [0.1, 0.15) is 0 Å². The second-order valence-electron chi connectivity index (χ2n) is 7.11. The number of amides is 1. The van der Waals surface area contributed by atoms with E-state index in [1.54, 1.807) is 0 Å². The molecule has 1 aliphatic heterocycles. The number of anilines is 1. The molecule has 5 nitrogen and oxygen atoms in total. The maximum absolute atomic E-state index is 12.0. The molecule has 0 radical (unpaired) electrons. The molecule has 1 aliphatic carbocycles. The first-order valence-electron chi connectivity index (χ1n) is 9.59. The summed E-state index contributed by atoms with van der Waals surface area (Å²) >= 11 is 1.97. The summed E-state index contributed by atoms with van der Waals surface area (Å²) < 4.78 is 0. The van der Waals surface area contributed by atoms with Crippen LogP contribution in [0.1, 0.15) is 44.1 Å². The van der Waals surface area contributed by atoms with E-state index in [0.717, 1.165) is 42.8 Å². The highest BCUT2D eigenvalue weighted by Crippen LogP contribution is 2.28. The van der Waals surface area contributed by atoms with Crippen LogP contribution in [0.5, 0.6) is 0 Å².